The molecule has 37 heavy (non-hydrogen) atoms. The van der Waals surface area contributed by atoms with Gasteiger partial charge in [-0.1, -0.05) is 48.6 Å². The molecule has 0 radical (unpaired) electrons. The monoisotopic (exact) mass is 479 g/mol. The second-order valence-corrected chi connectivity index (χ2v) is 8.45. The topological polar surface area (TPSA) is 91.3 Å². The van der Waals surface area contributed by atoms with Crippen molar-refractivity contribution in [1.82, 2.24) is 0 Å². The standard InChI is InChI=1S/C32H21N3O2/c33-20-24-2-1-3-31-30(24)19-8-23(32(31)21-34)7-4-22-5-9-25(10-6-22)35(26-11-15-28(36)16-12-26)27-13-17-29(37)18-14-27/h1-19,36-37H. The zero-order chi connectivity index (χ0) is 25.8. The van der Waals surface area contributed by atoms with Gasteiger partial charge in [0, 0.05) is 27.8 Å². The lowest BCUT2D eigenvalue weighted by Crippen LogP contribution is -2.09. The Hall–Kier alpha value is -5.52. The fourth-order valence-corrected chi connectivity index (χ4v) is 4.31. The Morgan fingerprint density at radius 2 is 1.14 bits per heavy atom. The van der Waals surface area contributed by atoms with Crippen LogP contribution in [0, 0.1) is 22.7 Å². The molecule has 0 fully saturated rings. The third kappa shape index (κ3) is 4.71. The Bertz CT molecular complexity index is 1640. The van der Waals surface area contributed by atoms with Gasteiger partial charge in [-0.05, 0) is 77.9 Å². The molecule has 0 atom stereocenters. The summed E-state index contributed by atoms with van der Waals surface area (Å²) in [5, 5.41) is 40.2. The largest absolute Gasteiger partial charge is 0.508 e. The molecule has 176 valence electrons. The molecule has 5 rings (SSSR count). The van der Waals surface area contributed by atoms with Gasteiger partial charge in [0.25, 0.3) is 0 Å². The fourth-order valence-electron chi connectivity index (χ4n) is 4.31. The molecule has 0 spiro atoms. The molecule has 0 amide bonds. The van der Waals surface area contributed by atoms with E-state index in [2.05, 4.69) is 12.1 Å². The zero-order valence-corrected chi connectivity index (χ0v) is 19.7. The van der Waals surface area contributed by atoms with Gasteiger partial charge in [0.05, 0.1) is 17.2 Å². The zero-order valence-electron chi connectivity index (χ0n) is 19.7. The Balaban J connectivity index is 1.48. The van der Waals surface area contributed by atoms with Crippen LogP contribution >= 0.6 is 0 Å². The van der Waals surface area contributed by atoms with Gasteiger partial charge in [0.2, 0.25) is 0 Å². The minimum absolute atomic E-state index is 0.184. The van der Waals surface area contributed by atoms with Crippen LogP contribution in [0.1, 0.15) is 22.3 Å². The van der Waals surface area contributed by atoms with E-state index in [4.69, 9.17) is 0 Å². The van der Waals surface area contributed by atoms with Gasteiger partial charge >= 0.3 is 0 Å². The van der Waals surface area contributed by atoms with Crippen molar-refractivity contribution in [2.24, 2.45) is 0 Å². The van der Waals surface area contributed by atoms with Crippen LogP contribution in [0.3, 0.4) is 0 Å². The van der Waals surface area contributed by atoms with E-state index in [0.29, 0.717) is 11.1 Å². The summed E-state index contributed by atoms with van der Waals surface area (Å²) in [6.07, 6.45) is 3.86. The Morgan fingerprint density at radius 3 is 1.68 bits per heavy atom. The number of phenolic OH excluding ortho intramolecular Hbond substituents is 2. The van der Waals surface area contributed by atoms with E-state index >= 15 is 0 Å². The van der Waals surface area contributed by atoms with Crippen molar-refractivity contribution in [2.45, 2.75) is 0 Å². The molecule has 5 aromatic carbocycles. The number of benzene rings is 5. The van der Waals surface area contributed by atoms with Crippen LogP contribution in [0.4, 0.5) is 17.1 Å². The highest BCUT2D eigenvalue weighted by Crippen LogP contribution is 2.36. The molecule has 0 aliphatic rings. The minimum Gasteiger partial charge on any atom is -0.508 e. The highest BCUT2D eigenvalue weighted by molar-refractivity contribution is 5.95. The first-order chi connectivity index (χ1) is 18.1. The van der Waals surface area contributed by atoms with Crippen LogP contribution < -0.4 is 4.90 Å². The molecule has 0 heterocycles. The molecule has 0 aromatic heterocycles. The lowest BCUT2D eigenvalue weighted by molar-refractivity contribution is 0.475. The number of hydrogen-bond acceptors (Lipinski definition) is 5. The molecule has 0 saturated heterocycles. The van der Waals surface area contributed by atoms with Gasteiger partial charge in [-0.25, -0.2) is 0 Å². The molecule has 5 nitrogen and oxygen atoms in total. The van der Waals surface area contributed by atoms with Gasteiger partial charge in [0.15, 0.2) is 0 Å². The number of aromatic hydroxyl groups is 2. The molecule has 2 N–H and O–H groups in total. The van der Waals surface area contributed by atoms with E-state index in [1.807, 2.05) is 83.8 Å². The van der Waals surface area contributed by atoms with Crippen molar-refractivity contribution < 1.29 is 10.2 Å². The summed E-state index contributed by atoms with van der Waals surface area (Å²) in [4.78, 5) is 2.02. The van der Waals surface area contributed by atoms with Crippen molar-refractivity contribution in [3.05, 3.63) is 125 Å². The van der Waals surface area contributed by atoms with E-state index in [1.165, 1.54) is 0 Å². The van der Waals surface area contributed by atoms with E-state index < -0.39 is 0 Å². The Kier molecular flexibility index (Phi) is 6.28. The second kappa shape index (κ2) is 10.00. The smallest absolute Gasteiger partial charge is 0.115 e. The molecule has 0 aliphatic carbocycles. The summed E-state index contributed by atoms with van der Waals surface area (Å²) in [7, 11) is 0. The van der Waals surface area contributed by atoms with E-state index in [0.717, 1.165) is 39.0 Å². The quantitative estimate of drug-likeness (QED) is 0.253. The first-order valence-electron chi connectivity index (χ1n) is 11.6. The lowest BCUT2D eigenvalue weighted by Gasteiger charge is -2.25. The first kappa shape index (κ1) is 23.2. The van der Waals surface area contributed by atoms with E-state index in [-0.39, 0.29) is 11.5 Å². The number of phenols is 2. The highest BCUT2D eigenvalue weighted by Gasteiger charge is 2.13. The van der Waals surface area contributed by atoms with Gasteiger partial charge in [-0.2, -0.15) is 10.5 Å². The number of hydrogen-bond donors (Lipinski definition) is 2. The maximum Gasteiger partial charge on any atom is 0.115 e. The molecular formula is C32H21N3O2. The summed E-state index contributed by atoms with van der Waals surface area (Å²) in [6, 6.07) is 35.4. The van der Waals surface area contributed by atoms with Crippen LogP contribution in [0.15, 0.2) is 103 Å². The summed E-state index contributed by atoms with van der Waals surface area (Å²) in [5.74, 6) is 0.369. The molecule has 5 heteroatoms. The van der Waals surface area contributed by atoms with Crippen molar-refractivity contribution in [3.63, 3.8) is 0 Å². The van der Waals surface area contributed by atoms with Crippen LogP contribution in [-0.4, -0.2) is 10.2 Å². The molecule has 0 unspecified atom stereocenters. The van der Waals surface area contributed by atoms with Crippen molar-refractivity contribution in [1.29, 1.82) is 10.5 Å². The molecular weight excluding hydrogens is 458 g/mol. The number of anilines is 3. The summed E-state index contributed by atoms with van der Waals surface area (Å²) < 4.78 is 0. The predicted molar refractivity (Wildman–Crippen MR) is 147 cm³/mol. The predicted octanol–water partition coefficient (Wildman–Crippen LogP) is 7.63. The average Bonchev–Trinajstić information content (AvgIpc) is 2.94. The summed E-state index contributed by atoms with van der Waals surface area (Å²) >= 11 is 0. The highest BCUT2D eigenvalue weighted by atomic mass is 16.3. The maximum absolute atomic E-state index is 9.82. The van der Waals surface area contributed by atoms with Crippen molar-refractivity contribution in [3.8, 4) is 23.6 Å². The SMILES string of the molecule is N#Cc1cccc2c(C#N)c(C=Cc3ccc(N(c4ccc(O)cc4)c4ccc(O)cc4)cc3)ccc12. The van der Waals surface area contributed by atoms with Gasteiger partial charge < -0.3 is 15.1 Å². The number of nitrogens with zero attached hydrogens (tertiary/aromatic N) is 3. The third-order valence-electron chi connectivity index (χ3n) is 6.15. The minimum atomic E-state index is 0.184. The van der Waals surface area contributed by atoms with Crippen molar-refractivity contribution in [2.75, 3.05) is 4.90 Å². The normalized spacial score (nSPS) is 10.8. The third-order valence-corrected chi connectivity index (χ3v) is 6.15. The Morgan fingerprint density at radius 1 is 0.568 bits per heavy atom. The van der Waals surface area contributed by atoms with Crippen LogP contribution in [0.5, 0.6) is 11.5 Å². The van der Waals surface area contributed by atoms with Crippen LogP contribution in [-0.2, 0) is 0 Å². The van der Waals surface area contributed by atoms with Gasteiger partial charge in [0.1, 0.15) is 17.6 Å². The second-order valence-electron chi connectivity index (χ2n) is 8.45. The van der Waals surface area contributed by atoms with E-state index in [9.17, 15) is 20.7 Å². The van der Waals surface area contributed by atoms with Gasteiger partial charge in [-0.15, -0.1) is 0 Å². The number of rotatable bonds is 5. The maximum atomic E-state index is 9.82. The lowest BCUT2D eigenvalue weighted by atomic mass is 9.96. The molecule has 0 bridgehead atoms. The first-order valence-corrected chi connectivity index (χ1v) is 11.6. The fraction of sp³-hybridized carbons (Fsp3) is 0. The van der Waals surface area contributed by atoms with E-state index in [1.54, 1.807) is 36.4 Å². The molecule has 0 aliphatic heterocycles. The molecule has 5 aromatic rings. The number of fused-ring (bicyclic) bond motifs is 1. The molecule has 0 saturated carbocycles. The van der Waals surface area contributed by atoms with Gasteiger partial charge in [-0.3, -0.25) is 0 Å². The van der Waals surface area contributed by atoms with Crippen LogP contribution in [0.2, 0.25) is 0 Å². The summed E-state index contributed by atoms with van der Waals surface area (Å²) in [5.41, 5.74) is 5.44. The Labute approximate surface area is 214 Å². The summed E-state index contributed by atoms with van der Waals surface area (Å²) in [6.45, 7) is 0. The average molecular weight is 480 g/mol. The van der Waals surface area contributed by atoms with Crippen LogP contribution in [0.25, 0.3) is 22.9 Å². The number of nitriles is 2. The van der Waals surface area contributed by atoms with Crippen molar-refractivity contribution >= 4 is 40.0 Å².